The molecule has 2 rings (SSSR count). The minimum Gasteiger partial charge on any atom is -0.396 e. The van der Waals surface area contributed by atoms with Gasteiger partial charge in [0.05, 0.1) is 17.6 Å². The number of aromatic nitrogens is 2. The van der Waals surface area contributed by atoms with E-state index >= 15 is 0 Å². The molecule has 2 aromatic rings. The summed E-state index contributed by atoms with van der Waals surface area (Å²) in [5.74, 6) is 0. The van der Waals surface area contributed by atoms with Crippen molar-refractivity contribution in [1.29, 1.82) is 0 Å². The van der Waals surface area contributed by atoms with Crippen LogP contribution in [0, 0.1) is 0 Å². The number of rotatable bonds is 2. The molecule has 1 aromatic carbocycles. The van der Waals surface area contributed by atoms with E-state index in [9.17, 15) is 0 Å². The minimum absolute atomic E-state index is 0.680. The number of allylic oxidation sites excluding steroid dienone is 1. The van der Waals surface area contributed by atoms with Crippen LogP contribution in [0.4, 0.5) is 5.69 Å². The fourth-order valence-corrected chi connectivity index (χ4v) is 1.48. The van der Waals surface area contributed by atoms with Crippen molar-refractivity contribution in [3.63, 3.8) is 0 Å². The van der Waals surface area contributed by atoms with Crippen LogP contribution >= 0.6 is 0 Å². The first-order valence-corrected chi connectivity index (χ1v) is 4.80. The number of H-pyrrole nitrogens is 1. The second kappa shape index (κ2) is 4.00. The standard InChI is InChI=1S/C12H13N3/c1-9(12-11(13)8-14-15-12)7-10-5-3-2-4-6-10/h2-8H,13H2,1H3,(H,14,15)/b9-7+. The van der Waals surface area contributed by atoms with Crippen LogP contribution in [0.15, 0.2) is 36.5 Å². The van der Waals surface area contributed by atoms with Gasteiger partial charge in [0.1, 0.15) is 0 Å². The minimum atomic E-state index is 0.680. The molecule has 0 saturated heterocycles. The molecule has 0 unspecified atom stereocenters. The topological polar surface area (TPSA) is 54.7 Å². The van der Waals surface area contributed by atoms with Gasteiger partial charge in [0, 0.05) is 0 Å². The molecule has 0 aliphatic rings. The maximum absolute atomic E-state index is 5.76. The van der Waals surface area contributed by atoms with Crippen molar-refractivity contribution in [2.75, 3.05) is 5.73 Å². The number of hydrogen-bond acceptors (Lipinski definition) is 2. The van der Waals surface area contributed by atoms with Crippen molar-refractivity contribution in [2.24, 2.45) is 0 Å². The second-order valence-electron chi connectivity index (χ2n) is 3.44. The van der Waals surface area contributed by atoms with E-state index in [-0.39, 0.29) is 0 Å². The van der Waals surface area contributed by atoms with E-state index in [2.05, 4.69) is 28.4 Å². The highest BCUT2D eigenvalue weighted by Gasteiger charge is 2.02. The Balaban J connectivity index is 2.33. The summed E-state index contributed by atoms with van der Waals surface area (Å²) >= 11 is 0. The zero-order chi connectivity index (χ0) is 10.7. The Bertz CT molecular complexity index is 469. The third-order valence-electron chi connectivity index (χ3n) is 2.25. The van der Waals surface area contributed by atoms with Crippen molar-refractivity contribution in [3.8, 4) is 0 Å². The van der Waals surface area contributed by atoms with E-state index in [1.54, 1.807) is 6.20 Å². The monoisotopic (exact) mass is 199 g/mol. The highest BCUT2D eigenvalue weighted by Crippen LogP contribution is 2.20. The van der Waals surface area contributed by atoms with Gasteiger partial charge in [-0.05, 0) is 24.1 Å². The lowest BCUT2D eigenvalue weighted by molar-refractivity contribution is 1.07. The molecule has 15 heavy (non-hydrogen) atoms. The molecule has 0 spiro atoms. The van der Waals surface area contributed by atoms with E-state index in [0.29, 0.717) is 5.69 Å². The Labute approximate surface area is 88.6 Å². The van der Waals surface area contributed by atoms with E-state index in [4.69, 9.17) is 5.73 Å². The average molecular weight is 199 g/mol. The molecule has 0 saturated carbocycles. The maximum Gasteiger partial charge on any atom is 0.0837 e. The molecular formula is C12H13N3. The van der Waals surface area contributed by atoms with Crippen molar-refractivity contribution in [3.05, 3.63) is 47.8 Å². The van der Waals surface area contributed by atoms with E-state index in [0.717, 1.165) is 16.8 Å². The number of anilines is 1. The van der Waals surface area contributed by atoms with E-state index in [1.165, 1.54) is 0 Å². The van der Waals surface area contributed by atoms with Gasteiger partial charge in [-0.3, -0.25) is 5.10 Å². The quantitative estimate of drug-likeness (QED) is 0.781. The molecule has 3 N–H and O–H groups in total. The summed E-state index contributed by atoms with van der Waals surface area (Å²) < 4.78 is 0. The van der Waals surface area contributed by atoms with E-state index < -0.39 is 0 Å². The lowest BCUT2D eigenvalue weighted by Gasteiger charge is -1.99. The summed E-state index contributed by atoms with van der Waals surface area (Å²) in [6.45, 7) is 2.01. The molecule has 76 valence electrons. The van der Waals surface area contributed by atoms with Crippen LogP contribution in [0.2, 0.25) is 0 Å². The lowest BCUT2D eigenvalue weighted by Crippen LogP contribution is -1.88. The van der Waals surface area contributed by atoms with Gasteiger partial charge in [-0.25, -0.2) is 0 Å². The SMILES string of the molecule is C/C(=C\c1ccccc1)c1[nH]ncc1N. The van der Waals surface area contributed by atoms with Gasteiger partial charge < -0.3 is 5.73 Å². The second-order valence-corrected chi connectivity index (χ2v) is 3.44. The number of hydrogen-bond donors (Lipinski definition) is 2. The number of nitrogens with one attached hydrogen (secondary N) is 1. The summed E-state index contributed by atoms with van der Waals surface area (Å²) in [6.07, 6.45) is 3.70. The number of benzene rings is 1. The lowest BCUT2D eigenvalue weighted by atomic mass is 10.1. The van der Waals surface area contributed by atoms with Gasteiger partial charge in [0.25, 0.3) is 0 Å². The van der Waals surface area contributed by atoms with Crippen molar-refractivity contribution >= 4 is 17.3 Å². The van der Waals surface area contributed by atoms with Gasteiger partial charge in [0.15, 0.2) is 0 Å². The average Bonchev–Trinajstić information content (AvgIpc) is 2.66. The fourth-order valence-electron chi connectivity index (χ4n) is 1.48. The molecule has 1 heterocycles. The molecule has 0 radical (unpaired) electrons. The van der Waals surface area contributed by atoms with Crippen molar-refractivity contribution in [1.82, 2.24) is 10.2 Å². The Morgan fingerprint density at radius 3 is 2.67 bits per heavy atom. The van der Waals surface area contributed by atoms with Crippen molar-refractivity contribution < 1.29 is 0 Å². The highest BCUT2D eigenvalue weighted by molar-refractivity contribution is 5.82. The van der Waals surface area contributed by atoms with Crippen LogP contribution in [0.3, 0.4) is 0 Å². The molecule has 0 aliphatic heterocycles. The predicted molar refractivity (Wildman–Crippen MR) is 63.0 cm³/mol. The molecule has 0 aliphatic carbocycles. The highest BCUT2D eigenvalue weighted by atomic mass is 15.1. The predicted octanol–water partition coefficient (Wildman–Crippen LogP) is 2.55. The van der Waals surface area contributed by atoms with Gasteiger partial charge >= 0.3 is 0 Å². The van der Waals surface area contributed by atoms with Gasteiger partial charge in [-0.1, -0.05) is 30.3 Å². The molecule has 3 nitrogen and oxygen atoms in total. The molecule has 1 aromatic heterocycles. The number of aromatic amines is 1. The summed E-state index contributed by atoms with van der Waals surface area (Å²) in [5.41, 5.74) is 9.56. The van der Waals surface area contributed by atoms with Crippen LogP contribution in [-0.2, 0) is 0 Å². The normalized spacial score (nSPS) is 11.7. The first-order valence-electron chi connectivity index (χ1n) is 4.80. The van der Waals surface area contributed by atoms with Crippen LogP contribution < -0.4 is 5.73 Å². The van der Waals surface area contributed by atoms with Crippen molar-refractivity contribution in [2.45, 2.75) is 6.92 Å². The first-order chi connectivity index (χ1) is 7.27. The van der Waals surface area contributed by atoms with Crippen LogP contribution in [0.25, 0.3) is 11.6 Å². The Kier molecular flexibility index (Phi) is 2.54. The molecule has 3 heteroatoms. The molecular weight excluding hydrogens is 186 g/mol. The molecule has 0 atom stereocenters. The fraction of sp³-hybridized carbons (Fsp3) is 0.0833. The van der Waals surface area contributed by atoms with Gasteiger partial charge in [-0.2, -0.15) is 5.10 Å². The van der Waals surface area contributed by atoms with Crippen LogP contribution in [0.1, 0.15) is 18.2 Å². The summed E-state index contributed by atoms with van der Waals surface area (Å²) in [7, 11) is 0. The molecule has 0 bridgehead atoms. The number of nitrogen functional groups attached to an aromatic ring is 1. The molecule has 0 amide bonds. The third-order valence-corrected chi connectivity index (χ3v) is 2.25. The maximum atomic E-state index is 5.76. The largest absolute Gasteiger partial charge is 0.396 e. The number of nitrogens with zero attached hydrogens (tertiary/aromatic N) is 1. The summed E-state index contributed by atoms with van der Waals surface area (Å²) in [5, 5.41) is 6.78. The van der Waals surface area contributed by atoms with Gasteiger partial charge in [-0.15, -0.1) is 0 Å². The Morgan fingerprint density at radius 1 is 1.33 bits per heavy atom. The van der Waals surface area contributed by atoms with Crippen LogP contribution in [-0.4, -0.2) is 10.2 Å². The zero-order valence-corrected chi connectivity index (χ0v) is 8.57. The van der Waals surface area contributed by atoms with Gasteiger partial charge in [0.2, 0.25) is 0 Å². The zero-order valence-electron chi connectivity index (χ0n) is 8.57. The first kappa shape index (κ1) is 9.52. The van der Waals surface area contributed by atoms with E-state index in [1.807, 2.05) is 25.1 Å². The van der Waals surface area contributed by atoms with Crippen LogP contribution in [0.5, 0.6) is 0 Å². The smallest absolute Gasteiger partial charge is 0.0837 e. The number of nitrogens with two attached hydrogens (primary N) is 1. The Hall–Kier alpha value is -2.03. The summed E-state index contributed by atoms with van der Waals surface area (Å²) in [6, 6.07) is 10.1. The molecule has 0 fully saturated rings. The summed E-state index contributed by atoms with van der Waals surface area (Å²) in [4.78, 5) is 0. The third kappa shape index (κ3) is 2.07. The Morgan fingerprint density at radius 2 is 2.07 bits per heavy atom.